The van der Waals surface area contributed by atoms with Gasteiger partial charge in [0.2, 0.25) is 0 Å². The van der Waals surface area contributed by atoms with Crippen LogP contribution in [0.15, 0.2) is 47.3 Å². The Balaban J connectivity index is 1.83. The largest absolute Gasteiger partial charge is 0.321 e. The van der Waals surface area contributed by atoms with Crippen molar-refractivity contribution < 1.29 is 0 Å². The first-order valence-electron chi connectivity index (χ1n) is 12.7. The van der Waals surface area contributed by atoms with E-state index in [1.54, 1.807) is 0 Å². The van der Waals surface area contributed by atoms with E-state index in [1.807, 2.05) is 17.7 Å². The smallest absolute Gasteiger partial charge is 0.252 e. The number of H-pyrrole nitrogens is 1. The van der Waals surface area contributed by atoms with Crippen molar-refractivity contribution in [2.75, 3.05) is 0 Å². The van der Waals surface area contributed by atoms with Gasteiger partial charge in [-0.05, 0) is 86.5 Å². The zero-order chi connectivity index (χ0) is 26.2. The van der Waals surface area contributed by atoms with Crippen LogP contribution < -0.4 is 5.56 Å². The van der Waals surface area contributed by atoms with Crippen molar-refractivity contribution in [3.05, 3.63) is 86.5 Å². The molecule has 1 atom stereocenters. The van der Waals surface area contributed by atoms with E-state index in [0.717, 1.165) is 27.9 Å². The van der Waals surface area contributed by atoms with Crippen LogP contribution in [0.3, 0.4) is 0 Å². The van der Waals surface area contributed by atoms with Crippen LogP contribution in [0.5, 0.6) is 0 Å². The van der Waals surface area contributed by atoms with E-state index < -0.39 is 0 Å². The summed E-state index contributed by atoms with van der Waals surface area (Å²) >= 11 is 0. The summed E-state index contributed by atoms with van der Waals surface area (Å²) in [6.07, 6.45) is 0. The Labute approximate surface area is 213 Å². The van der Waals surface area contributed by atoms with Crippen LogP contribution in [0.4, 0.5) is 0 Å². The summed E-state index contributed by atoms with van der Waals surface area (Å²) in [7, 11) is 0. The van der Waals surface area contributed by atoms with Crippen LogP contribution in [0.1, 0.15) is 74.3 Å². The second-order valence-electron chi connectivity index (χ2n) is 11.4. The quantitative estimate of drug-likeness (QED) is 0.368. The van der Waals surface area contributed by atoms with E-state index >= 15 is 0 Å². The van der Waals surface area contributed by atoms with Gasteiger partial charge < -0.3 is 4.98 Å². The van der Waals surface area contributed by atoms with Gasteiger partial charge in [0, 0.05) is 18.7 Å². The highest BCUT2D eigenvalue weighted by Crippen LogP contribution is 2.32. The molecule has 0 unspecified atom stereocenters. The SMILES string of the molecule is Cc1ccc(CN(Cc2cc3cc(C)cc(C)c3[nH]c2=O)[C@@H](c2nnnn2C(C)(C)C)C(C)C)cc1. The first kappa shape index (κ1) is 25.8. The highest BCUT2D eigenvalue weighted by atomic mass is 16.1. The molecule has 4 rings (SSSR count). The van der Waals surface area contributed by atoms with Crippen molar-refractivity contribution in [1.82, 2.24) is 30.1 Å². The summed E-state index contributed by atoms with van der Waals surface area (Å²) in [5.74, 6) is 1.03. The second kappa shape index (κ2) is 9.97. The van der Waals surface area contributed by atoms with Gasteiger partial charge in [-0.25, -0.2) is 4.68 Å². The van der Waals surface area contributed by atoms with Gasteiger partial charge in [-0.2, -0.15) is 0 Å². The molecule has 190 valence electrons. The average molecular weight is 487 g/mol. The van der Waals surface area contributed by atoms with Crippen molar-refractivity contribution in [3.8, 4) is 0 Å². The van der Waals surface area contributed by atoms with Crippen LogP contribution in [0.25, 0.3) is 10.9 Å². The fourth-order valence-corrected chi connectivity index (χ4v) is 4.99. The highest BCUT2D eigenvalue weighted by molar-refractivity contribution is 5.82. The van der Waals surface area contributed by atoms with Gasteiger partial charge in [-0.1, -0.05) is 55.3 Å². The Kier molecular flexibility index (Phi) is 7.14. The monoisotopic (exact) mass is 486 g/mol. The molecule has 0 amide bonds. The third-order valence-corrected chi connectivity index (χ3v) is 6.67. The molecule has 0 aliphatic carbocycles. The number of rotatable bonds is 7. The van der Waals surface area contributed by atoms with Crippen molar-refractivity contribution in [1.29, 1.82) is 0 Å². The fraction of sp³-hybridized carbons (Fsp3) is 0.448. The third kappa shape index (κ3) is 5.41. The number of fused-ring (bicyclic) bond motifs is 1. The molecule has 36 heavy (non-hydrogen) atoms. The van der Waals surface area contributed by atoms with E-state index in [-0.39, 0.29) is 23.1 Å². The molecule has 0 aliphatic rings. The lowest BCUT2D eigenvalue weighted by molar-refractivity contribution is 0.119. The Hall–Kier alpha value is -3.32. The molecule has 2 aromatic carbocycles. The molecular weight excluding hydrogens is 448 g/mol. The molecule has 4 aromatic rings. The van der Waals surface area contributed by atoms with Crippen LogP contribution in [-0.4, -0.2) is 30.1 Å². The number of nitrogens with zero attached hydrogens (tertiary/aromatic N) is 5. The molecule has 0 radical (unpaired) electrons. The van der Waals surface area contributed by atoms with Crippen molar-refractivity contribution >= 4 is 10.9 Å². The molecule has 7 nitrogen and oxygen atoms in total. The number of nitrogens with one attached hydrogen (secondary N) is 1. The summed E-state index contributed by atoms with van der Waals surface area (Å²) in [4.78, 5) is 18.8. The van der Waals surface area contributed by atoms with E-state index in [4.69, 9.17) is 0 Å². The average Bonchev–Trinajstić information content (AvgIpc) is 3.26. The minimum atomic E-state index is -0.267. The van der Waals surface area contributed by atoms with Crippen molar-refractivity contribution in [2.45, 2.75) is 80.1 Å². The number of aryl methyl sites for hydroxylation is 3. The Morgan fingerprint density at radius 1 is 0.972 bits per heavy atom. The maximum atomic E-state index is 13.3. The van der Waals surface area contributed by atoms with Crippen LogP contribution in [0, 0.1) is 26.7 Å². The van der Waals surface area contributed by atoms with E-state index in [2.05, 4.69) is 110 Å². The van der Waals surface area contributed by atoms with Gasteiger partial charge in [0.15, 0.2) is 5.82 Å². The topological polar surface area (TPSA) is 79.7 Å². The third-order valence-electron chi connectivity index (χ3n) is 6.67. The summed E-state index contributed by atoms with van der Waals surface area (Å²) in [5.41, 5.74) is 5.98. The first-order chi connectivity index (χ1) is 16.9. The van der Waals surface area contributed by atoms with Crippen LogP contribution in [0.2, 0.25) is 0 Å². The zero-order valence-corrected chi connectivity index (χ0v) is 22.8. The minimum Gasteiger partial charge on any atom is -0.321 e. The lowest BCUT2D eigenvalue weighted by Crippen LogP contribution is -2.37. The number of tetrazole rings is 1. The molecule has 2 heterocycles. The summed E-state index contributed by atoms with van der Waals surface area (Å²) in [5, 5.41) is 13.9. The second-order valence-corrected chi connectivity index (χ2v) is 11.4. The molecule has 7 heteroatoms. The van der Waals surface area contributed by atoms with E-state index in [0.29, 0.717) is 13.1 Å². The molecular formula is C29H38N6O. The molecule has 0 saturated heterocycles. The van der Waals surface area contributed by atoms with Gasteiger partial charge in [0.1, 0.15) is 0 Å². The van der Waals surface area contributed by atoms with Crippen LogP contribution in [-0.2, 0) is 18.6 Å². The van der Waals surface area contributed by atoms with Gasteiger partial charge in [0.25, 0.3) is 5.56 Å². The molecule has 0 bridgehead atoms. The number of hydrogen-bond acceptors (Lipinski definition) is 5. The summed E-state index contributed by atoms with van der Waals surface area (Å²) in [6.45, 7) is 18.0. The Bertz CT molecular complexity index is 1410. The molecule has 0 spiro atoms. The highest BCUT2D eigenvalue weighted by Gasteiger charge is 2.33. The molecule has 0 aliphatic heterocycles. The lowest BCUT2D eigenvalue weighted by Gasteiger charge is -2.35. The lowest BCUT2D eigenvalue weighted by atomic mass is 9.98. The summed E-state index contributed by atoms with van der Waals surface area (Å²) in [6, 6.07) is 14.8. The zero-order valence-electron chi connectivity index (χ0n) is 22.8. The molecule has 2 aromatic heterocycles. The van der Waals surface area contributed by atoms with E-state index in [9.17, 15) is 4.79 Å². The standard InChI is InChI=1S/C29H38N6O/c1-18(2)26(27-31-32-33-35(27)29(6,7)8)34(16-22-11-9-19(3)10-12-22)17-24-15-23-14-20(4)13-21(5)25(23)30-28(24)36/h9-15,18,26H,16-17H2,1-8H3,(H,30,36)/t26-/m1/s1. The maximum absolute atomic E-state index is 13.3. The predicted octanol–water partition coefficient (Wildman–Crippen LogP) is 5.59. The molecule has 0 saturated carbocycles. The first-order valence-corrected chi connectivity index (χ1v) is 12.7. The van der Waals surface area contributed by atoms with Gasteiger partial charge in [-0.15, -0.1) is 5.10 Å². The predicted molar refractivity (Wildman–Crippen MR) is 145 cm³/mol. The fourth-order valence-electron chi connectivity index (χ4n) is 4.99. The Morgan fingerprint density at radius 2 is 1.67 bits per heavy atom. The number of aromatic amines is 1. The number of pyridine rings is 1. The van der Waals surface area contributed by atoms with Gasteiger partial charge in [0.05, 0.1) is 17.1 Å². The van der Waals surface area contributed by atoms with Gasteiger partial charge in [-0.3, -0.25) is 9.69 Å². The van der Waals surface area contributed by atoms with Crippen LogP contribution >= 0.6 is 0 Å². The summed E-state index contributed by atoms with van der Waals surface area (Å²) < 4.78 is 1.91. The normalized spacial score (nSPS) is 13.2. The number of hydrogen-bond donors (Lipinski definition) is 1. The van der Waals surface area contributed by atoms with Crippen molar-refractivity contribution in [3.63, 3.8) is 0 Å². The van der Waals surface area contributed by atoms with Gasteiger partial charge >= 0.3 is 0 Å². The van der Waals surface area contributed by atoms with Crippen molar-refractivity contribution in [2.24, 2.45) is 5.92 Å². The van der Waals surface area contributed by atoms with E-state index in [1.165, 1.54) is 16.7 Å². The molecule has 1 N–H and O–H groups in total. The number of benzene rings is 2. The minimum absolute atomic E-state index is 0.0544. The number of aromatic nitrogens is 5. The molecule has 0 fully saturated rings. The Morgan fingerprint density at radius 3 is 2.31 bits per heavy atom. The maximum Gasteiger partial charge on any atom is 0.252 e.